The highest BCUT2D eigenvalue weighted by atomic mass is 16.5. The molecule has 2 rings (SSSR count). The topological polar surface area (TPSA) is 24.5 Å². The van der Waals surface area contributed by atoms with E-state index < -0.39 is 0 Å². The highest BCUT2D eigenvalue weighted by molar-refractivity contribution is 5.60. The van der Waals surface area contributed by atoms with E-state index in [1.54, 1.807) is 7.11 Å². The van der Waals surface area contributed by atoms with Gasteiger partial charge >= 0.3 is 0 Å². The lowest BCUT2D eigenvalue weighted by Gasteiger charge is -2.21. The van der Waals surface area contributed by atoms with Gasteiger partial charge in [0, 0.05) is 19.6 Å². The molecular formula is C16H26N2O. The Morgan fingerprint density at radius 3 is 2.63 bits per heavy atom. The Morgan fingerprint density at radius 1 is 1.26 bits per heavy atom. The van der Waals surface area contributed by atoms with Gasteiger partial charge in [-0.2, -0.15) is 0 Å². The summed E-state index contributed by atoms with van der Waals surface area (Å²) in [5, 5.41) is 3.47. The molecule has 0 unspecified atom stereocenters. The van der Waals surface area contributed by atoms with E-state index in [-0.39, 0.29) is 0 Å². The molecule has 1 fully saturated rings. The smallest absolute Gasteiger partial charge is 0.142 e. The number of benzene rings is 1. The summed E-state index contributed by atoms with van der Waals surface area (Å²) < 4.78 is 5.56. The van der Waals surface area contributed by atoms with E-state index in [4.69, 9.17) is 4.74 Å². The molecule has 3 nitrogen and oxygen atoms in total. The van der Waals surface area contributed by atoms with Gasteiger partial charge in [0.2, 0.25) is 0 Å². The van der Waals surface area contributed by atoms with Gasteiger partial charge in [0.25, 0.3) is 0 Å². The van der Waals surface area contributed by atoms with Crippen molar-refractivity contribution in [3.8, 4) is 5.75 Å². The van der Waals surface area contributed by atoms with E-state index in [9.17, 15) is 0 Å². The third-order valence-corrected chi connectivity index (χ3v) is 3.57. The summed E-state index contributed by atoms with van der Waals surface area (Å²) in [6.45, 7) is 8.72. The largest absolute Gasteiger partial charge is 0.495 e. The van der Waals surface area contributed by atoms with E-state index in [1.807, 2.05) is 0 Å². The highest BCUT2D eigenvalue weighted by Crippen LogP contribution is 2.31. The van der Waals surface area contributed by atoms with Crippen molar-refractivity contribution in [2.45, 2.75) is 33.2 Å². The van der Waals surface area contributed by atoms with Gasteiger partial charge in [-0.1, -0.05) is 19.9 Å². The zero-order valence-corrected chi connectivity index (χ0v) is 12.4. The fourth-order valence-electron chi connectivity index (χ4n) is 2.56. The minimum Gasteiger partial charge on any atom is -0.495 e. The van der Waals surface area contributed by atoms with Crippen LogP contribution in [0.5, 0.6) is 5.75 Å². The molecule has 1 saturated heterocycles. The van der Waals surface area contributed by atoms with Crippen LogP contribution in [0.2, 0.25) is 0 Å². The Kier molecular flexibility index (Phi) is 5.08. The summed E-state index contributed by atoms with van der Waals surface area (Å²) in [5.41, 5.74) is 2.54. The van der Waals surface area contributed by atoms with Crippen LogP contribution < -0.4 is 15.0 Å². The second-order valence-electron chi connectivity index (χ2n) is 5.73. The summed E-state index contributed by atoms with van der Waals surface area (Å²) in [4.78, 5) is 2.42. The molecule has 106 valence electrons. The second-order valence-corrected chi connectivity index (χ2v) is 5.73. The summed E-state index contributed by atoms with van der Waals surface area (Å²) in [6.07, 6.45) is 2.59. The van der Waals surface area contributed by atoms with Crippen LogP contribution in [0, 0.1) is 5.92 Å². The van der Waals surface area contributed by atoms with Gasteiger partial charge in [0.15, 0.2) is 0 Å². The van der Waals surface area contributed by atoms with Crippen molar-refractivity contribution >= 4 is 5.69 Å². The summed E-state index contributed by atoms with van der Waals surface area (Å²) in [5.74, 6) is 1.69. The number of hydrogen-bond acceptors (Lipinski definition) is 3. The second kappa shape index (κ2) is 6.80. The Balaban J connectivity index is 2.03. The standard InChI is InChI=1S/C16H26N2O/c1-13(2)11-17-12-14-6-7-15(16(10-14)19-3)18-8-4-5-9-18/h6-7,10,13,17H,4-5,8-9,11-12H2,1-3H3. The van der Waals surface area contributed by atoms with Crippen LogP contribution in [0.1, 0.15) is 32.3 Å². The van der Waals surface area contributed by atoms with Crippen molar-refractivity contribution < 1.29 is 4.74 Å². The first-order chi connectivity index (χ1) is 9.20. The van der Waals surface area contributed by atoms with Crippen LogP contribution in [0.15, 0.2) is 18.2 Å². The SMILES string of the molecule is COc1cc(CNCC(C)C)ccc1N1CCCC1. The molecular weight excluding hydrogens is 236 g/mol. The molecule has 1 N–H and O–H groups in total. The van der Waals surface area contributed by atoms with Gasteiger partial charge in [-0.15, -0.1) is 0 Å². The normalized spacial score (nSPS) is 15.3. The average Bonchev–Trinajstić information content (AvgIpc) is 2.92. The summed E-state index contributed by atoms with van der Waals surface area (Å²) in [7, 11) is 1.76. The molecule has 19 heavy (non-hydrogen) atoms. The predicted molar refractivity (Wildman–Crippen MR) is 81.0 cm³/mol. The fraction of sp³-hybridized carbons (Fsp3) is 0.625. The molecule has 1 aliphatic rings. The van der Waals surface area contributed by atoms with Gasteiger partial charge in [-0.25, -0.2) is 0 Å². The van der Waals surface area contributed by atoms with Gasteiger partial charge in [0.1, 0.15) is 5.75 Å². The summed E-state index contributed by atoms with van der Waals surface area (Å²) >= 11 is 0. The van der Waals surface area contributed by atoms with Crippen LogP contribution in [-0.4, -0.2) is 26.7 Å². The minimum absolute atomic E-state index is 0.686. The van der Waals surface area contributed by atoms with E-state index in [2.05, 4.69) is 42.3 Å². The molecule has 0 spiro atoms. The van der Waals surface area contributed by atoms with Crippen molar-refractivity contribution in [3.05, 3.63) is 23.8 Å². The minimum atomic E-state index is 0.686. The Hall–Kier alpha value is -1.22. The first kappa shape index (κ1) is 14.2. The third kappa shape index (κ3) is 3.87. The molecule has 3 heteroatoms. The van der Waals surface area contributed by atoms with Crippen molar-refractivity contribution in [2.75, 3.05) is 31.6 Å². The van der Waals surface area contributed by atoms with Crippen LogP contribution in [0.25, 0.3) is 0 Å². The van der Waals surface area contributed by atoms with Crippen molar-refractivity contribution in [1.82, 2.24) is 5.32 Å². The Bertz CT molecular complexity index is 398. The van der Waals surface area contributed by atoms with Crippen LogP contribution >= 0.6 is 0 Å². The lowest BCUT2D eigenvalue weighted by atomic mass is 10.1. The van der Waals surface area contributed by atoms with Gasteiger partial charge in [-0.05, 0) is 43.0 Å². The van der Waals surface area contributed by atoms with Crippen molar-refractivity contribution in [1.29, 1.82) is 0 Å². The first-order valence-electron chi connectivity index (χ1n) is 7.33. The predicted octanol–water partition coefficient (Wildman–Crippen LogP) is 3.04. The van der Waals surface area contributed by atoms with Gasteiger partial charge < -0.3 is 15.0 Å². The number of hydrogen-bond donors (Lipinski definition) is 1. The number of anilines is 1. The van der Waals surface area contributed by atoms with Crippen LogP contribution in [0.3, 0.4) is 0 Å². The third-order valence-electron chi connectivity index (χ3n) is 3.57. The summed E-state index contributed by atoms with van der Waals surface area (Å²) in [6, 6.07) is 6.58. The molecule has 0 amide bonds. The number of methoxy groups -OCH3 is 1. The van der Waals surface area contributed by atoms with Crippen molar-refractivity contribution in [2.24, 2.45) is 5.92 Å². The fourth-order valence-corrected chi connectivity index (χ4v) is 2.56. The molecule has 0 aromatic heterocycles. The highest BCUT2D eigenvalue weighted by Gasteiger charge is 2.16. The maximum absolute atomic E-state index is 5.56. The van der Waals surface area contributed by atoms with E-state index in [0.717, 1.165) is 31.9 Å². The quantitative estimate of drug-likeness (QED) is 0.853. The maximum Gasteiger partial charge on any atom is 0.142 e. The Labute approximate surface area is 116 Å². The molecule has 0 bridgehead atoms. The van der Waals surface area contributed by atoms with Gasteiger partial charge in [0.05, 0.1) is 12.8 Å². The first-order valence-corrected chi connectivity index (χ1v) is 7.33. The molecule has 1 aliphatic heterocycles. The molecule has 1 aromatic rings. The zero-order valence-electron chi connectivity index (χ0n) is 12.4. The van der Waals surface area contributed by atoms with Crippen molar-refractivity contribution in [3.63, 3.8) is 0 Å². The molecule has 0 atom stereocenters. The van der Waals surface area contributed by atoms with E-state index >= 15 is 0 Å². The number of rotatable bonds is 6. The van der Waals surface area contributed by atoms with E-state index in [1.165, 1.54) is 24.1 Å². The van der Waals surface area contributed by atoms with Gasteiger partial charge in [-0.3, -0.25) is 0 Å². The molecule has 1 heterocycles. The number of nitrogens with one attached hydrogen (secondary N) is 1. The zero-order chi connectivity index (χ0) is 13.7. The molecule has 0 radical (unpaired) electrons. The molecule has 0 saturated carbocycles. The Morgan fingerprint density at radius 2 is 2.00 bits per heavy atom. The lowest BCUT2D eigenvalue weighted by molar-refractivity contribution is 0.414. The molecule has 1 aromatic carbocycles. The van der Waals surface area contributed by atoms with Crippen LogP contribution in [0.4, 0.5) is 5.69 Å². The van der Waals surface area contributed by atoms with E-state index in [0.29, 0.717) is 5.92 Å². The monoisotopic (exact) mass is 262 g/mol. The lowest BCUT2D eigenvalue weighted by Crippen LogP contribution is -2.20. The molecule has 0 aliphatic carbocycles. The number of ether oxygens (including phenoxy) is 1. The maximum atomic E-state index is 5.56. The van der Waals surface area contributed by atoms with Crippen LogP contribution in [-0.2, 0) is 6.54 Å². The number of nitrogens with zero attached hydrogens (tertiary/aromatic N) is 1. The average molecular weight is 262 g/mol.